The molecule has 0 radical (unpaired) electrons. The van der Waals surface area contributed by atoms with Crippen molar-refractivity contribution in [1.82, 2.24) is 5.32 Å². The average Bonchev–Trinajstić information content (AvgIpc) is 2.82. The Morgan fingerprint density at radius 3 is 2.52 bits per heavy atom. The molecule has 0 bridgehead atoms. The van der Waals surface area contributed by atoms with E-state index in [1.165, 1.54) is 0 Å². The standard InChI is InChI=1S/C27H28ClNO3S/c1-3-33-14-13-32-27(31)24-17(2)29-22-15-20(18-7-5-4-6-8-18)16-23(30)26(22)25(24)19-9-11-21(28)12-10-19/h4-12,20,25,29H,3,13-16H2,1-2H3/t20-,25+/m1/s1. The SMILES string of the molecule is CCSCCOC(=O)C1=C(C)NC2=C(C(=O)C[C@H](c3ccccc3)C2)[C@H]1c1ccc(Cl)cc1. The van der Waals surface area contributed by atoms with Gasteiger partial charge in [-0.25, -0.2) is 4.79 Å². The van der Waals surface area contributed by atoms with Crippen LogP contribution in [-0.4, -0.2) is 29.9 Å². The minimum absolute atomic E-state index is 0.0666. The van der Waals surface area contributed by atoms with Crippen molar-refractivity contribution in [2.24, 2.45) is 0 Å². The number of ether oxygens (including phenoxy) is 1. The van der Waals surface area contributed by atoms with Gasteiger partial charge in [0.25, 0.3) is 0 Å². The number of halogens is 1. The minimum Gasteiger partial charge on any atom is -0.461 e. The number of nitrogens with one attached hydrogen (secondary N) is 1. The predicted octanol–water partition coefficient (Wildman–Crippen LogP) is 6.00. The van der Waals surface area contributed by atoms with Gasteiger partial charge in [0.1, 0.15) is 6.61 Å². The van der Waals surface area contributed by atoms with Crippen molar-refractivity contribution in [3.8, 4) is 0 Å². The van der Waals surface area contributed by atoms with Crippen LogP contribution in [-0.2, 0) is 14.3 Å². The number of hydrogen-bond donors (Lipinski definition) is 1. The van der Waals surface area contributed by atoms with Crippen LogP contribution in [0.15, 0.2) is 77.1 Å². The van der Waals surface area contributed by atoms with E-state index in [1.807, 2.05) is 37.3 Å². The summed E-state index contributed by atoms with van der Waals surface area (Å²) in [6.07, 6.45) is 1.14. The molecule has 6 heteroatoms. The molecule has 2 atom stereocenters. The highest BCUT2D eigenvalue weighted by Gasteiger charge is 2.41. The maximum atomic E-state index is 13.5. The molecule has 172 valence electrons. The Kier molecular flexibility index (Phi) is 7.61. The van der Waals surface area contributed by atoms with Gasteiger partial charge in [0.05, 0.1) is 5.57 Å². The molecule has 1 heterocycles. The summed E-state index contributed by atoms with van der Waals surface area (Å²) in [5.41, 5.74) is 4.84. The van der Waals surface area contributed by atoms with E-state index in [4.69, 9.17) is 16.3 Å². The largest absolute Gasteiger partial charge is 0.461 e. The minimum atomic E-state index is -0.464. The van der Waals surface area contributed by atoms with Gasteiger partial charge in [-0.05, 0) is 48.3 Å². The zero-order valence-corrected chi connectivity index (χ0v) is 20.5. The number of carbonyl (C=O) groups excluding carboxylic acids is 2. The molecule has 33 heavy (non-hydrogen) atoms. The van der Waals surface area contributed by atoms with Crippen molar-refractivity contribution in [1.29, 1.82) is 0 Å². The lowest BCUT2D eigenvalue weighted by Crippen LogP contribution is -2.36. The molecule has 1 aliphatic heterocycles. The van der Waals surface area contributed by atoms with Crippen LogP contribution in [0.4, 0.5) is 0 Å². The van der Waals surface area contributed by atoms with Crippen molar-refractivity contribution < 1.29 is 14.3 Å². The smallest absolute Gasteiger partial charge is 0.336 e. The third-order valence-electron chi connectivity index (χ3n) is 6.19. The van der Waals surface area contributed by atoms with Gasteiger partial charge in [0.2, 0.25) is 0 Å². The summed E-state index contributed by atoms with van der Waals surface area (Å²) in [7, 11) is 0. The third-order valence-corrected chi connectivity index (χ3v) is 7.30. The molecule has 0 unspecified atom stereocenters. The highest BCUT2D eigenvalue weighted by atomic mass is 35.5. The lowest BCUT2D eigenvalue weighted by Gasteiger charge is -2.36. The van der Waals surface area contributed by atoms with Crippen LogP contribution in [0.2, 0.25) is 5.02 Å². The Morgan fingerprint density at radius 1 is 1.09 bits per heavy atom. The van der Waals surface area contributed by atoms with Crippen LogP contribution in [0.3, 0.4) is 0 Å². The summed E-state index contributed by atoms with van der Waals surface area (Å²) >= 11 is 7.86. The van der Waals surface area contributed by atoms with Gasteiger partial charge in [0, 0.05) is 40.1 Å². The number of allylic oxidation sites excluding steroid dienone is 3. The number of ketones is 1. The van der Waals surface area contributed by atoms with Crippen molar-refractivity contribution in [3.05, 3.63) is 93.3 Å². The summed E-state index contributed by atoms with van der Waals surface area (Å²) in [6, 6.07) is 17.5. The monoisotopic (exact) mass is 481 g/mol. The van der Waals surface area contributed by atoms with Crippen LogP contribution in [0.25, 0.3) is 0 Å². The third kappa shape index (κ3) is 5.20. The van der Waals surface area contributed by atoms with E-state index in [0.717, 1.165) is 40.4 Å². The van der Waals surface area contributed by atoms with Gasteiger partial charge < -0.3 is 10.1 Å². The Balaban J connectivity index is 1.70. The van der Waals surface area contributed by atoms with E-state index < -0.39 is 5.92 Å². The fourth-order valence-corrected chi connectivity index (χ4v) is 5.29. The first-order valence-electron chi connectivity index (χ1n) is 11.3. The fraction of sp³-hybridized carbons (Fsp3) is 0.333. The van der Waals surface area contributed by atoms with E-state index >= 15 is 0 Å². The number of benzene rings is 2. The lowest BCUT2D eigenvalue weighted by molar-refractivity contribution is -0.138. The number of Topliss-reactive ketones (excluding diaryl/α,β-unsaturated/α-hetero) is 1. The molecule has 0 fully saturated rings. The first-order chi connectivity index (χ1) is 16.0. The number of dihydropyridines is 1. The maximum Gasteiger partial charge on any atom is 0.336 e. The van der Waals surface area contributed by atoms with E-state index in [2.05, 4.69) is 24.4 Å². The van der Waals surface area contributed by atoms with Crippen LogP contribution in [0.1, 0.15) is 49.7 Å². The van der Waals surface area contributed by atoms with Gasteiger partial charge in [-0.1, -0.05) is 61.0 Å². The van der Waals surface area contributed by atoms with Gasteiger partial charge in [0.15, 0.2) is 5.78 Å². The molecule has 0 amide bonds. The normalized spacial score (nSPS) is 20.4. The average molecular weight is 482 g/mol. The molecular weight excluding hydrogens is 454 g/mol. The topological polar surface area (TPSA) is 55.4 Å². The lowest BCUT2D eigenvalue weighted by atomic mass is 9.72. The first kappa shape index (κ1) is 23.7. The van der Waals surface area contributed by atoms with Crippen molar-refractivity contribution >= 4 is 35.1 Å². The maximum absolute atomic E-state index is 13.5. The van der Waals surface area contributed by atoms with E-state index in [9.17, 15) is 9.59 Å². The summed E-state index contributed by atoms with van der Waals surface area (Å²) in [5, 5.41) is 4.01. The number of thioether (sulfide) groups is 1. The molecule has 2 aromatic carbocycles. The van der Waals surface area contributed by atoms with Gasteiger partial charge in [-0.2, -0.15) is 11.8 Å². The number of esters is 1. The van der Waals surface area contributed by atoms with Crippen molar-refractivity contribution in [2.45, 2.75) is 38.5 Å². The summed E-state index contributed by atoms with van der Waals surface area (Å²) in [6.45, 7) is 4.31. The van der Waals surface area contributed by atoms with Crippen LogP contribution < -0.4 is 5.32 Å². The van der Waals surface area contributed by atoms with E-state index in [-0.39, 0.29) is 17.7 Å². The Hall–Kier alpha value is -2.50. The molecule has 2 aliphatic rings. The van der Waals surface area contributed by atoms with Gasteiger partial charge in [-0.15, -0.1) is 0 Å². The molecule has 0 spiro atoms. The van der Waals surface area contributed by atoms with Gasteiger partial charge in [-0.3, -0.25) is 4.79 Å². The molecule has 0 aromatic heterocycles. The Labute approximate surface area is 204 Å². The zero-order chi connectivity index (χ0) is 23.4. The quantitative estimate of drug-likeness (QED) is 0.388. The summed E-state index contributed by atoms with van der Waals surface area (Å²) in [5.74, 6) is 1.07. The molecule has 4 nitrogen and oxygen atoms in total. The van der Waals surface area contributed by atoms with Crippen molar-refractivity contribution in [3.63, 3.8) is 0 Å². The second-order valence-electron chi connectivity index (χ2n) is 8.31. The first-order valence-corrected chi connectivity index (χ1v) is 12.8. The van der Waals surface area contributed by atoms with Crippen LogP contribution in [0.5, 0.6) is 0 Å². The predicted molar refractivity (Wildman–Crippen MR) is 134 cm³/mol. The molecular formula is C27H28ClNO3S. The summed E-state index contributed by atoms with van der Waals surface area (Å²) < 4.78 is 5.62. The highest BCUT2D eigenvalue weighted by Crippen LogP contribution is 2.45. The van der Waals surface area contributed by atoms with Crippen LogP contribution in [0, 0.1) is 0 Å². The van der Waals surface area contributed by atoms with E-state index in [1.54, 1.807) is 23.9 Å². The second kappa shape index (κ2) is 10.6. The molecule has 0 saturated carbocycles. The number of carbonyl (C=O) groups is 2. The second-order valence-corrected chi connectivity index (χ2v) is 10.1. The number of rotatable bonds is 7. The van der Waals surface area contributed by atoms with Crippen LogP contribution >= 0.6 is 23.4 Å². The highest BCUT2D eigenvalue weighted by molar-refractivity contribution is 7.99. The molecule has 1 N–H and O–H groups in total. The molecule has 1 aliphatic carbocycles. The zero-order valence-electron chi connectivity index (χ0n) is 18.9. The number of hydrogen-bond acceptors (Lipinski definition) is 5. The Morgan fingerprint density at radius 2 is 1.82 bits per heavy atom. The summed E-state index contributed by atoms with van der Waals surface area (Å²) in [4.78, 5) is 26.7. The van der Waals surface area contributed by atoms with E-state index in [0.29, 0.717) is 29.2 Å². The Bertz CT molecular complexity index is 1090. The van der Waals surface area contributed by atoms with Gasteiger partial charge >= 0.3 is 5.97 Å². The van der Waals surface area contributed by atoms with Crippen molar-refractivity contribution in [2.75, 3.05) is 18.1 Å². The fourth-order valence-electron chi connectivity index (χ4n) is 4.67. The molecule has 2 aromatic rings. The molecule has 4 rings (SSSR count). The molecule has 0 saturated heterocycles.